The predicted octanol–water partition coefficient (Wildman–Crippen LogP) is 2.10. The third kappa shape index (κ3) is 4.09. The highest BCUT2D eigenvalue weighted by molar-refractivity contribution is 5.94. The van der Waals surface area contributed by atoms with E-state index < -0.39 is 12.0 Å². The van der Waals surface area contributed by atoms with E-state index in [4.69, 9.17) is 5.11 Å². The van der Waals surface area contributed by atoms with Crippen LogP contribution in [0.4, 0.5) is 5.69 Å². The van der Waals surface area contributed by atoms with Gasteiger partial charge in [-0.15, -0.1) is 0 Å². The minimum absolute atomic E-state index is 0.0283. The first-order chi connectivity index (χ1) is 10.9. The number of carbonyl (C=O) groups excluding carboxylic acids is 2. The molecule has 1 aliphatic rings. The first kappa shape index (κ1) is 17.0. The normalized spacial score (nSPS) is 17.1. The van der Waals surface area contributed by atoms with Crippen LogP contribution in [-0.2, 0) is 14.4 Å². The lowest BCUT2D eigenvalue weighted by Crippen LogP contribution is -2.40. The topological polar surface area (TPSA) is 86.7 Å². The molecule has 1 unspecified atom stereocenters. The van der Waals surface area contributed by atoms with Crippen molar-refractivity contribution in [2.75, 3.05) is 11.9 Å². The first-order valence-electron chi connectivity index (χ1n) is 7.78. The van der Waals surface area contributed by atoms with Crippen LogP contribution >= 0.6 is 0 Å². The molecule has 1 atom stereocenters. The first-order valence-corrected chi connectivity index (χ1v) is 7.78. The summed E-state index contributed by atoms with van der Waals surface area (Å²) in [4.78, 5) is 36.6. The molecule has 0 radical (unpaired) electrons. The molecule has 1 heterocycles. The number of hydrogen-bond donors (Lipinski definition) is 2. The molecule has 0 spiro atoms. The number of amides is 2. The lowest BCUT2D eigenvalue weighted by Gasteiger charge is -2.21. The lowest BCUT2D eigenvalue weighted by atomic mass is 10.1. The van der Waals surface area contributed by atoms with Gasteiger partial charge in [0.05, 0.1) is 0 Å². The van der Waals surface area contributed by atoms with Crippen molar-refractivity contribution in [2.24, 2.45) is 0 Å². The van der Waals surface area contributed by atoms with E-state index >= 15 is 0 Å². The maximum atomic E-state index is 12.1. The molecule has 124 valence electrons. The van der Waals surface area contributed by atoms with Gasteiger partial charge in [0.2, 0.25) is 11.8 Å². The molecular weight excluding hydrogens is 296 g/mol. The van der Waals surface area contributed by atoms with Gasteiger partial charge in [-0.3, -0.25) is 9.59 Å². The molecule has 2 rings (SSSR count). The SMILES string of the molecule is Cc1cccc(NC(=O)CCC(=O)N2CCCC2C(=O)O)c1C. The third-order valence-electron chi connectivity index (χ3n) is 4.30. The average Bonchev–Trinajstić information content (AvgIpc) is 2.99. The standard InChI is InChI=1S/C17H22N2O4/c1-11-5-3-6-13(12(11)2)18-15(20)8-9-16(21)19-10-4-7-14(19)17(22)23/h3,5-6,14H,4,7-10H2,1-2H3,(H,18,20)(H,22,23). The number of anilines is 1. The number of benzene rings is 1. The molecule has 1 aliphatic heterocycles. The quantitative estimate of drug-likeness (QED) is 0.870. The van der Waals surface area contributed by atoms with Gasteiger partial charge in [-0.2, -0.15) is 0 Å². The van der Waals surface area contributed by atoms with Crippen LogP contribution in [0.5, 0.6) is 0 Å². The Kier molecular flexibility index (Phi) is 5.36. The van der Waals surface area contributed by atoms with Crippen LogP contribution in [0.15, 0.2) is 18.2 Å². The van der Waals surface area contributed by atoms with E-state index in [2.05, 4.69) is 5.32 Å². The Hall–Kier alpha value is -2.37. The summed E-state index contributed by atoms with van der Waals surface area (Å²) < 4.78 is 0. The molecule has 6 heteroatoms. The van der Waals surface area contributed by atoms with E-state index in [1.54, 1.807) is 0 Å². The number of nitrogens with zero attached hydrogens (tertiary/aromatic N) is 1. The minimum Gasteiger partial charge on any atom is -0.480 e. The number of hydrogen-bond acceptors (Lipinski definition) is 3. The summed E-state index contributed by atoms with van der Waals surface area (Å²) in [6, 6.07) is 4.91. The molecule has 2 N–H and O–H groups in total. The fourth-order valence-corrected chi connectivity index (χ4v) is 2.79. The fraction of sp³-hybridized carbons (Fsp3) is 0.471. The third-order valence-corrected chi connectivity index (χ3v) is 4.30. The van der Waals surface area contributed by atoms with Gasteiger partial charge >= 0.3 is 5.97 Å². The van der Waals surface area contributed by atoms with Crippen LogP contribution in [0.25, 0.3) is 0 Å². The second kappa shape index (κ2) is 7.26. The van der Waals surface area contributed by atoms with Gasteiger partial charge in [-0.05, 0) is 43.9 Å². The number of aryl methyl sites for hydroxylation is 1. The lowest BCUT2D eigenvalue weighted by molar-refractivity contribution is -0.148. The van der Waals surface area contributed by atoms with Crippen LogP contribution in [0.1, 0.15) is 36.8 Å². The summed E-state index contributed by atoms with van der Waals surface area (Å²) in [5.41, 5.74) is 2.82. The van der Waals surface area contributed by atoms with Crippen LogP contribution in [0, 0.1) is 13.8 Å². The number of aliphatic carboxylic acids is 1. The Morgan fingerprint density at radius 2 is 2.00 bits per heavy atom. The van der Waals surface area contributed by atoms with Crippen molar-refractivity contribution in [3.05, 3.63) is 29.3 Å². The van der Waals surface area contributed by atoms with Crippen LogP contribution in [0.2, 0.25) is 0 Å². The Morgan fingerprint density at radius 3 is 2.70 bits per heavy atom. The van der Waals surface area contributed by atoms with Crippen molar-refractivity contribution in [3.8, 4) is 0 Å². The molecule has 0 aromatic heterocycles. The van der Waals surface area contributed by atoms with Gasteiger partial charge in [0, 0.05) is 25.1 Å². The summed E-state index contributed by atoms with van der Waals surface area (Å²) in [6.07, 6.45) is 1.25. The van der Waals surface area contributed by atoms with Crippen LogP contribution in [-0.4, -0.2) is 40.4 Å². The van der Waals surface area contributed by atoms with E-state index in [0.717, 1.165) is 16.8 Å². The van der Waals surface area contributed by atoms with E-state index in [1.807, 2.05) is 32.0 Å². The highest BCUT2D eigenvalue weighted by Crippen LogP contribution is 2.20. The van der Waals surface area contributed by atoms with E-state index in [0.29, 0.717) is 19.4 Å². The van der Waals surface area contributed by atoms with E-state index in [9.17, 15) is 14.4 Å². The number of carbonyl (C=O) groups is 3. The van der Waals surface area contributed by atoms with Crippen molar-refractivity contribution in [3.63, 3.8) is 0 Å². The fourth-order valence-electron chi connectivity index (χ4n) is 2.79. The number of carboxylic acid groups (broad SMARTS) is 1. The molecule has 6 nitrogen and oxygen atoms in total. The molecule has 1 aromatic rings. The summed E-state index contributed by atoms with van der Waals surface area (Å²) in [6.45, 7) is 4.35. The molecule has 2 amide bonds. The highest BCUT2D eigenvalue weighted by atomic mass is 16.4. The number of likely N-dealkylation sites (tertiary alicyclic amines) is 1. The number of nitrogens with one attached hydrogen (secondary N) is 1. The van der Waals surface area contributed by atoms with Gasteiger partial charge in [-0.1, -0.05) is 12.1 Å². The van der Waals surface area contributed by atoms with Crippen LogP contribution < -0.4 is 5.32 Å². The summed E-state index contributed by atoms with van der Waals surface area (Å²) >= 11 is 0. The molecule has 1 saturated heterocycles. The summed E-state index contributed by atoms with van der Waals surface area (Å²) in [7, 11) is 0. The maximum absolute atomic E-state index is 12.1. The molecule has 23 heavy (non-hydrogen) atoms. The van der Waals surface area contributed by atoms with Gasteiger partial charge in [-0.25, -0.2) is 4.79 Å². The van der Waals surface area contributed by atoms with Crippen molar-refractivity contribution in [1.82, 2.24) is 4.90 Å². The number of rotatable bonds is 5. The highest BCUT2D eigenvalue weighted by Gasteiger charge is 2.33. The minimum atomic E-state index is -0.976. The maximum Gasteiger partial charge on any atom is 0.326 e. The van der Waals surface area contributed by atoms with E-state index in [1.165, 1.54) is 4.90 Å². The zero-order valence-electron chi connectivity index (χ0n) is 13.5. The molecule has 0 aliphatic carbocycles. The average molecular weight is 318 g/mol. The second-order valence-corrected chi connectivity index (χ2v) is 5.88. The molecule has 0 bridgehead atoms. The largest absolute Gasteiger partial charge is 0.480 e. The zero-order chi connectivity index (χ0) is 17.0. The van der Waals surface area contributed by atoms with Crippen molar-refractivity contribution in [1.29, 1.82) is 0 Å². The van der Waals surface area contributed by atoms with Crippen molar-refractivity contribution in [2.45, 2.75) is 45.6 Å². The molecule has 1 aromatic carbocycles. The van der Waals surface area contributed by atoms with Gasteiger partial charge in [0.1, 0.15) is 6.04 Å². The Balaban J connectivity index is 1.88. The molecular formula is C17H22N2O4. The smallest absolute Gasteiger partial charge is 0.326 e. The van der Waals surface area contributed by atoms with Gasteiger partial charge < -0.3 is 15.3 Å². The monoisotopic (exact) mass is 318 g/mol. The Labute approximate surface area is 135 Å². The Bertz CT molecular complexity index is 627. The summed E-state index contributed by atoms with van der Waals surface area (Å²) in [5.74, 6) is -1.49. The van der Waals surface area contributed by atoms with Gasteiger partial charge in [0.15, 0.2) is 0 Å². The van der Waals surface area contributed by atoms with Crippen molar-refractivity contribution >= 4 is 23.5 Å². The van der Waals surface area contributed by atoms with Crippen molar-refractivity contribution < 1.29 is 19.5 Å². The van der Waals surface area contributed by atoms with Gasteiger partial charge in [0.25, 0.3) is 0 Å². The van der Waals surface area contributed by atoms with E-state index in [-0.39, 0.29) is 24.7 Å². The zero-order valence-corrected chi connectivity index (χ0v) is 13.5. The predicted molar refractivity (Wildman–Crippen MR) is 86.2 cm³/mol. The van der Waals surface area contributed by atoms with Crippen LogP contribution in [0.3, 0.4) is 0 Å². The molecule has 1 fully saturated rings. The molecule has 0 saturated carbocycles. The summed E-state index contributed by atoms with van der Waals surface area (Å²) in [5, 5.41) is 11.9. The Morgan fingerprint density at radius 1 is 1.26 bits per heavy atom. The number of carboxylic acids is 1. The second-order valence-electron chi connectivity index (χ2n) is 5.88.